The Balaban J connectivity index is 1.30. The molecule has 3 N–H and O–H groups in total. The second kappa shape index (κ2) is 9.69. The van der Waals surface area contributed by atoms with Gasteiger partial charge in [0.25, 0.3) is 0 Å². The molecular formula is C26H29N5O3. The number of H-pyrrole nitrogens is 1. The summed E-state index contributed by atoms with van der Waals surface area (Å²) in [5.74, 6) is 3.06. The summed E-state index contributed by atoms with van der Waals surface area (Å²) in [6.45, 7) is 3.87. The second-order valence-electron chi connectivity index (χ2n) is 8.86. The van der Waals surface area contributed by atoms with Crippen LogP contribution in [0.15, 0.2) is 53.3 Å². The lowest BCUT2D eigenvalue weighted by molar-refractivity contribution is 0.0640. The molecule has 5 rings (SSSR count). The number of nitrogens with one attached hydrogen (secondary N) is 1. The van der Waals surface area contributed by atoms with E-state index in [1.165, 1.54) is 12.0 Å². The second-order valence-corrected chi connectivity index (χ2v) is 8.86. The van der Waals surface area contributed by atoms with Crippen LogP contribution in [0.3, 0.4) is 0 Å². The molecule has 3 heterocycles. The van der Waals surface area contributed by atoms with Gasteiger partial charge in [0, 0.05) is 13.2 Å². The number of aryl methyl sites for hydroxylation is 2. The maximum absolute atomic E-state index is 12.5. The molecule has 1 aliphatic rings. The Morgan fingerprint density at radius 2 is 1.79 bits per heavy atom. The topological polar surface area (TPSA) is 108 Å². The number of hydrogen-bond acceptors (Lipinski definition) is 6. The predicted molar refractivity (Wildman–Crippen MR) is 131 cm³/mol. The van der Waals surface area contributed by atoms with Crippen LogP contribution in [-0.4, -0.2) is 32.7 Å². The molecule has 0 bridgehead atoms. The SMILES string of the molecule is Cc1nc(N)c2[nH]c(=O)n(Cc3cccc(Oc4cccc(CCC5CCOCC5)c4)c3)c2n1. The van der Waals surface area contributed by atoms with Crippen LogP contribution in [0.25, 0.3) is 11.2 Å². The fourth-order valence-corrected chi connectivity index (χ4v) is 4.51. The van der Waals surface area contributed by atoms with Crippen molar-refractivity contribution in [2.24, 2.45) is 5.92 Å². The number of nitrogen functional groups attached to an aromatic ring is 1. The number of aromatic amines is 1. The third-order valence-corrected chi connectivity index (χ3v) is 6.32. The number of aromatic nitrogens is 4. The zero-order valence-corrected chi connectivity index (χ0v) is 19.3. The highest BCUT2D eigenvalue weighted by molar-refractivity contribution is 5.81. The van der Waals surface area contributed by atoms with Crippen molar-refractivity contribution in [2.75, 3.05) is 18.9 Å². The smallest absolute Gasteiger partial charge is 0.328 e. The summed E-state index contributed by atoms with van der Waals surface area (Å²) in [7, 11) is 0. The summed E-state index contributed by atoms with van der Waals surface area (Å²) in [6, 6.07) is 16.0. The number of nitrogens with zero attached hydrogens (tertiary/aromatic N) is 3. The Bertz CT molecular complexity index is 1350. The maximum atomic E-state index is 12.5. The van der Waals surface area contributed by atoms with Crippen molar-refractivity contribution < 1.29 is 9.47 Å². The van der Waals surface area contributed by atoms with Crippen molar-refractivity contribution >= 4 is 17.0 Å². The molecule has 0 spiro atoms. The van der Waals surface area contributed by atoms with Crippen molar-refractivity contribution in [1.82, 2.24) is 19.5 Å². The van der Waals surface area contributed by atoms with E-state index in [0.29, 0.717) is 23.5 Å². The Kier molecular flexibility index (Phi) is 6.31. The highest BCUT2D eigenvalue weighted by atomic mass is 16.5. The van der Waals surface area contributed by atoms with Crippen LogP contribution < -0.4 is 16.2 Å². The molecule has 34 heavy (non-hydrogen) atoms. The third kappa shape index (κ3) is 4.97. The van der Waals surface area contributed by atoms with Crippen molar-refractivity contribution in [3.05, 3.63) is 76.0 Å². The van der Waals surface area contributed by atoms with Gasteiger partial charge < -0.3 is 20.2 Å². The van der Waals surface area contributed by atoms with Crippen molar-refractivity contribution in [3.8, 4) is 11.5 Å². The molecule has 0 unspecified atom stereocenters. The van der Waals surface area contributed by atoms with Gasteiger partial charge in [0.05, 0.1) is 6.54 Å². The first-order chi connectivity index (χ1) is 16.5. The molecular weight excluding hydrogens is 430 g/mol. The summed E-state index contributed by atoms with van der Waals surface area (Å²) in [6.07, 6.45) is 4.52. The Morgan fingerprint density at radius 3 is 2.56 bits per heavy atom. The molecule has 2 aromatic heterocycles. The average Bonchev–Trinajstić information content (AvgIpc) is 3.14. The summed E-state index contributed by atoms with van der Waals surface area (Å²) in [4.78, 5) is 23.8. The van der Waals surface area contributed by atoms with Gasteiger partial charge in [0.1, 0.15) is 22.8 Å². The summed E-state index contributed by atoms with van der Waals surface area (Å²) in [5.41, 5.74) is 8.84. The quantitative estimate of drug-likeness (QED) is 0.429. The number of benzene rings is 2. The lowest BCUT2D eigenvalue weighted by atomic mass is 9.93. The number of nitrogens with two attached hydrogens (primary N) is 1. The minimum atomic E-state index is -0.273. The number of fused-ring (bicyclic) bond motifs is 1. The highest BCUT2D eigenvalue weighted by Crippen LogP contribution is 2.26. The Hall–Kier alpha value is -3.65. The van der Waals surface area contributed by atoms with Crippen LogP contribution in [0.1, 0.15) is 36.2 Å². The molecule has 4 aromatic rings. The zero-order chi connectivity index (χ0) is 23.5. The van der Waals surface area contributed by atoms with E-state index >= 15 is 0 Å². The fraction of sp³-hybridized carbons (Fsp3) is 0.346. The summed E-state index contributed by atoms with van der Waals surface area (Å²) in [5, 5.41) is 0. The monoisotopic (exact) mass is 459 g/mol. The molecule has 0 aliphatic carbocycles. The van der Waals surface area contributed by atoms with Crippen LogP contribution in [0.4, 0.5) is 5.82 Å². The highest BCUT2D eigenvalue weighted by Gasteiger charge is 2.15. The fourth-order valence-electron chi connectivity index (χ4n) is 4.51. The van der Waals surface area contributed by atoms with E-state index in [0.717, 1.165) is 55.5 Å². The molecule has 0 atom stereocenters. The largest absolute Gasteiger partial charge is 0.457 e. The van der Waals surface area contributed by atoms with Crippen LogP contribution in [0.2, 0.25) is 0 Å². The van der Waals surface area contributed by atoms with Gasteiger partial charge in [0.15, 0.2) is 11.5 Å². The number of anilines is 1. The molecule has 0 saturated carbocycles. The molecule has 1 aliphatic heterocycles. The van der Waals surface area contributed by atoms with Crippen molar-refractivity contribution in [3.63, 3.8) is 0 Å². The van der Waals surface area contributed by atoms with Gasteiger partial charge >= 0.3 is 5.69 Å². The van der Waals surface area contributed by atoms with Gasteiger partial charge in [-0.3, -0.25) is 4.57 Å². The predicted octanol–water partition coefficient (Wildman–Crippen LogP) is 4.21. The van der Waals surface area contributed by atoms with Gasteiger partial charge in [-0.1, -0.05) is 24.3 Å². The van der Waals surface area contributed by atoms with Gasteiger partial charge in [-0.25, -0.2) is 14.8 Å². The number of imidazole rings is 1. The van der Waals surface area contributed by atoms with E-state index in [2.05, 4.69) is 27.1 Å². The van der Waals surface area contributed by atoms with Crippen molar-refractivity contribution in [2.45, 2.75) is 39.2 Å². The van der Waals surface area contributed by atoms with E-state index in [1.54, 1.807) is 11.5 Å². The molecule has 8 nitrogen and oxygen atoms in total. The summed E-state index contributed by atoms with van der Waals surface area (Å²) >= 11 is 0. The van der Waals surface area contributed by atoms with Gasteiger partial charge in [-0.05, 0) is 73.9 Å². The number of hydrogen-bond donors (Lipinski definition) is 2. The standard InChI is InChI=1S/C26H29N5O3/c1-17-28-24(27)23-25(29-17)31(26(32)30-23)16-20-5-3-7-22(15-20)34-21-6-2-4-19(14-21)9-8-18-10-12-33-13-11-18/h2-7,14-15,18H,8-13,16H2,1H3,(H,30,32)(H2,27,28,29). The first-order valence-corrected chi connectivity index (χ1v) is 11.7. The van der Waals surface area contributed by atoms with Crippen molar-refractivity contribution in [1.29, 1.82) is 0 Å². The zero-order valence-electron chi connectivity index (χ0n) is 19.3. The first-order valence-electron chi connectivity index (χ1n) is 11.7. The molecule has 176 valence electrons. The van der Waals surface area contributed by atoms with E-state index in [1.807, 2.05) is 36.4 Å². The Morgan fingerprint density at radius 1 is 1.09 bits per heavy atom. The minimum absolute atomic E-state index is 0.270. The summed E-state index contributed by atoms with van der Waals surface area (Å²) < 4.78 is 13.2. The number of rotatable bonds is 7. The van der Waals surface area contributed by atoms with Crippen LogP contribution in [0, 0.1) is 12.8 Å². The van der Waals surface area contributed by atoms with Crippen LogP contribution >= 0.6 is 0 Å². The van der Waals surface area contributed by atoms with Crippen LogP contribution in [0.5, 0.6) is 11.5 Å². The molecule has 0 amide bonds. The van der Waals surface area contributed by atoms with Crippen LogP contribution in [-0.2, 0) is 17.7 Å². The Labute approximate surface area is 197 Å². The number of ether oxygens (including phenoxy) is 2. The van der Waals surface area contributed by atoms with Gasteiger partial charge in [0.2, 0.25) is 0 Å². The molecule has 1 fully saturated rings. The minimum Gasteiger partial charge on any atom is -0.457 e. The lowest BCUT2D eigenvalue weighted by Crippen LogP contribution is -2.17. The molecule has 0 radical (unpaired) electrons. The average molecular weight is 460 g/mol. The van der Waals surface area contributed by atoms with Gasteiger partial charge in [-0.15, -0.1) is 0 Å². The van der Waals surface area contributed by atoms with E-state index < -0.39 is 0 Å². The van der Waals surface area contributed by atoms with E-state index in [9.17, 15) is 4.79 Å². The lowest BCUT2D eigenvalue weighted by Gasteiger charge is -2.21. The third-order valence-electron chi connectivity index (χ3n) is 6.32. The molecule has 8 heteroatoms. The normalized spacial score (nSPS) is 14.5. The molecule has 2 aromatic carbocycles. The first kappa shape index (κ1) is 22.2. The van der Waals surface area contributed by atoms with E-state index in [-0.39, 0.29) is 11.5 Å². The van der Waals surface area contributed by atoms with Gasteiger partial charge in [-0.2, -0.15) is 0 Å². The maximum Gasteiger partial charge on any atom is 0.328 e. The van der Waals surface area contributed by atoms with E-state index in [4.69, 9.17) is 15.2 Å². The molecule has 1 saturated heterocycles.